The first-order valence-corrected chi connectivity index (χ1v) is 9.27. The van der Waals surface area contributed by atoms with Crippen LogP contribution in [0.3, 0.4) is 0 Å². The van der Waals surface area contributed by atoms with Gasteiger partial charge in [-0.2, -0.15) is 0 Å². The molecule has 1 fully saturated rings. The van der Waals surface area contributed by atoms with Crippen LogP contribution in [0, 0.1) is 5.92 Å². The predicted octanol–water partition coefficient (Wildman–Crippen LogP) is 3.29. The third kappa shape index (κ3) is 5.56. The van der Waals surface area contributed by atoms with E-state index in [9.17, 15) is 9.59 Å². The summed E-state index contributed by atoms with van der Waals surface area (Å²) in [6.07, 6.45) is 2.75. The summed E-state index contributed by atoms with van der Waals surface area (Å²) in [5, 5.41) is 12.1. The Balaban J connectivity index is 1.87. The van der Waals surface area contributed by atoms with Crippen molar-refractivity contribution in [3.05, 3.63) is 35.4 Å². The fourth-order valence-corrected chi connectivity index (χ4v) is 3.41. The van der Waals surface area contributed by atoms with Crippen LogP contribution in [0.15, 0.2) is 24.3 Å². The quantitative estimate of drug-likeness (QED) is 0.795. The number of aliphatic carboxylic acids is 1. The molecular weight excluding hydrogens is 316 g/mol. The van der Waals surface area contributed by atoms with Gasteiger partial charge in [-0.1, -0.05) is 19.1 Å². The second-order valence-corrected chi connectivity index (χ2v) is 7.21. The van der Waals surface area contributed by atoms with E-state index in [0.717, 1.165) is 25.9 Å². The van der Waals surface area contributed by atoms with Gasteiger partial charge in [-0.25, -0.2) is 0 Å². The molecule has 0 bridgehead atoms. The number of nitrogens with one attached hydrogen (secondary N) is 1. The predicted molar refractivity (Wildman–Crippen MR) is 98.5 cm³/mol. The van der Waals surface area contributed by atoms with Crippen LogP contribution in [0.5, 0.6) is 0 Å². The van der Waals surface area contributed by atoms with E-state index in [4.69, 9.17) is 5.11 Å². The van der Waals surface area contributed by atoms with Gasteiger partial charge in [-0.05, 0) is 63.8 Å². The average Bonchev–Trinajstić information content (AvgIpc) is 2.60. The van der Waals surface area contributed by atoms with E-state index in [1.165, 1.54) is 5.56 Å². The highest BCUT2D eigenvalue weighted by Crippen LogP contribution is 2.24. The molecule has 0 aromatic heterocycles. The van der Waals surface area contributed by atoms with E-state index in [0.29, 0.717) is 24.4 Å². The summed E-state index contributed by atoms with van der Waals surface area (Å²) >= 11 is 0. The number of carboxylic acid groups (broad SMARTS) is 1. The van der Waals surface area contributed by atoms with Crippen LogP contribution in [-0.4, -0.2) is 40.5 Å². The van der Waals surface area contributed by atoms with Crippen molar-refractivity contribution in [2.45, 2.75) is 65.1 Å². The Morgan fingerprint density at radius 2 is 1.76 bits per heavy atom. The summed E-state index contributed by atoms with van der Waals surface area (Å²) in [4.78, 5) is 25.7. The SMILES string of the molecule is CCN(Cc1ccc(C(=O)NC2CCC(C(=O)O)CC2)cc1)C(C)C. The van der Waals surface area contributed by atoms with Gasteiger partial charge < -0.3 is 10.4 Å². The van der Waals surface area contributed by atoms with Crippen LogP contribution in [0.1, 0.15) is 62.4 Å². The second-order valence-electron chi connectivity index (χ2n) is 7.21. The number of amides is 1. The highest BCUT2D eigenvalue weighted by molar-refractivity contribution is 5.94. The maximum absolute atomic E-state index is 12.4. The van der Waals surface area contributed by atoms with Gasteiger partial charge >= 0.3 is 5.97 Å². The molecule has 0 saturated heterocycles. The number of rotatable bonds is 7. The van der Waals surface area contributed by atoms with Gasteiger partial charge in [0.15, 0.2) is 0 Å². The first kappa shape index (κ1) is 19.4. The Hall–Kier alpha value is -1.88. The summed E-state index contributed by atoms with van der Waals surface area (Å²) in [6, 6.07) is 8.36. The number of carboxylic acids is 1. The Morgan fingerprint density at radius 3 is 2.24 bits per heavy atom. The topological polar surface area (TPSA) is 69.6 Å². The number of carbonyl (C=O) groups is 2. The van der Waals surface area contributed by atoms with Crippen molar-refractivity contribution in [2.75, 3.05) is 6.54 Å². The van der Waals surface area contributed by atoms with Crippen molar-refractivity contribution >= 4 is 11.9 Å². The third-order valence-corrected chi connectivity index (χ3v) is 5.15. The molecular formula is C20H30N2O3. The minimum atomic E-state index is -0.720. The first-order valence-electron chi connectivity index (χ1n) is 9.27. The zero-order valence-corrected chi connectivity index (χ0v) is 15.5. The molecule has 5 heteroatoms. The fraction of sp³-hybridized carbons (Fsp3) is 0.600. The normalized spacial score (nSPS) is 20.7. The van der Waals surface area contributed by atoms with Crippen LogP contribution in [0.2, 0.25) is 0 Å². The molecule has 0 atom stereocenters. The van der Waals surface area contributed by atoms with E-state index in [1.54, 1.807) is 0 Å². The Morgan fingerprint density at radius 1 is 1.16 bits per heavy atom. The monoisotopic (exact) mass is 346 g/mol. The van der Waals surface area contributed by atoms with Gasteiger partial charge in [-0.3, -0.25) is 14.5 Å². The molecule has 0 aliphatic heterocycles. The zero-order chi connectivity index (χ0) is 18.4. The number of carbonyl (C=O) groups excluding carboxylic acids is 1. The molecule has 0 radical (unpaired) electrons. The molecule has 5 nitrogen and oxygen atoms in total. The average molecular weight is 346 g/mol. The standard InChI is InChI=1S/C20H30N2O3/c1-4-22(14(2)3)13-15-5-7-16(8-6-15)19(23)21-18-11-9-17(10-12-18)20(24)25/h5-8,14,17-18H,4,9-13H2,1-3H3,(H,21,23)(H,24,25). The van der Waals surface area contributed by atoms with Crippen LogP contribution in [-0.2, 0) is 11.3 Å². The fourth-order valence-electron chi connectivity index (χ4n) is 3.41. The van der Waals surface area contributed by atoms with E-state index >= 15 is 0 Å². The van der Waals surface area contributed by atoms with Crippen molar-refractivity contribution in [1.29, 1.82) is 0 Å². The van der Waals surface area contributed by atoms with Crippen LogP contribution in [0.4, 0.5) is 0 Å². The molecule has 0 spiro atoms. The van der Waals surface area contributed by atoms with E-state index in [-0.39, 0.29) is 17.9 Å². The maximum atomic E-state index is 12.4. The second kappa shape index (κ2) is 8.99. The zero-order valence-electron chi connectivity index (χ0n) is 15.5. The Labute approximate surface area is 150 Å². The molecule has 1 amide bonds. The number of hydrogen-bond donors (Lipinski definition) is 2. The highest BCUT2D eigenvalue weighted by Gasteiger charge is 2.26. The molecule has 1 aromatic rings. The molecule has 25 heavy (non-hydrogen) atoms. The Bertz CT molecular complexity index is 575. The molecule has 0 heterocycles. The summed E-state index contributed by atoms with van der Waals surface area (Å²) < 4.78 is 0. The van der Waals surface area contributed by atoms with E-state index in [1.807, 2.05) is 24.3 Å². The highest BCUT2D eigenvalue weighted by atomic mass is 16.4. The molecule has 2 N–H and O–H groups in total. The van der Waals surface area contributed by atoms with Crippen LogP contribution >= 0.6 is 0 Å². The van der Waals surface area contributed by atoms with Gasteiger partial charge in [0.25, 0.3) is 5.91 Å². The molecule has 1 aliphatic rings. The molecule has 0 unspecified atom stereocenters. The Kier molecular flexibility index (Phi) is 7.00. The summed E-state index contributed by atoms with van der Waals surface area (Å²) in [5.74, 6) is -1.04. The number of nitrogens with zero attached hydrogens (tertiary/aromatic N) is 1. The minimum Gasteiger partial charge on any atom is -0.481 e. The summed E-state index contributed by atoms with van der Waals surface area (Å²) in [6.45, 7) is 8.41. The van der Waals surface area contributed by atoms with Crippen molar-refractivity contribution in [1.82, 2.24) is 10.2 Å². The van der Waals surface area contributed by atoms with E-state index < -0.39 is 5.97 Å². The van der Waals surface area contributed by atoms with Crippen molar-refractivity contribution in [3.63, 3.8) is 0 Å². The minimum absolute atomic E-state index is 0.0680. The first-order chi connectivity index (χ1) is 11.9. The number of hydrogen-bond acceptors (Lipinski definition) is 3. The van der Waals surface area contributed by atoms with Crippen molar-refractivity contribution in [2.24, 2.45) is 5.92 Å². The lowest BCUT2D eigenvalue weighted by atomic mass is 9.86. The lowest BCUT2D eigenvalue weighted by Gasteiger charge is -2.27. The van der Waals surface area contributed by atoms with Gasteiger partial charge in [-0.15, -0.1) is 0 Å². The van der Waals surface area contributed by atoms with Gasteiger partial charge in [0.1, 0.15) is 0 Å². The molecule has 1 aromatic carbocycles. The molecule has 138 valence electrons. The van der Waals surface area contributed by atoms with Crippen molar-refractivity contribution < 1.29 is 14.7 Å². The summed E-state index contributed by atoms with van der Waals surface area (Å²) in [5.41, 5.74) is 1.87. The van der Waals surface area contributed by atoms with Gasteiger partial charge in [0, 0.05) is 24.2 Å². The third-order valence-electron chi connectivity index (χ3n) is 5.15. The van der Waals surface area contributed by atoms with Crippen LogP contribution in [0.25, 0.3) is 0 Å². The molecule has 1 aliphatic carbocycles. The molecule has 2 rings (SSSR count). The number of benzene rings is 1. The smallest absolute Gasteiger partial charge is 0.306 e. The van der Waals surface area contributed by atoms with Crippen molar-refractivity contribution in [3.8, 4) is 0 Å². The lowest BCUT2D eigenvalue weighted by Crippen LogP contribution is -2.38. The van der Waals surface area contributed by atoms with Gasteiger partial charge in [0.05, 0.1) is 5.92 Å². The van der Waals surface area contributed by atoms with E-state index in [2.05, 4.69) is 31.0 Å². The van der Waals surface area contributed by atoms with Crippen LogP contribution < -0.4 is 5.32 Å². The summed E-state index contributed by atoms with van der Waals surface area (Å²) in [7, 11) is 0. The lowest BCUT2D eigenvalue weighted by molar-refractivity contribution is -0.142. The maximum Gasteiger partial charge on any atom is 0.306 e. The largest absolute Gasteiger partial charge is 0.481 e. The van der Waals surface area contributed by atoms with Gasteiger partial charge in [0.2, 0.25) is 0 Å². The molecule has 1 saturated carbocycles.